The highest BCUT2D eigenvalue weighted by molar-refractivity contribution is 7.89. The number of nitrogens with one attached hydrogen (secondary N) is 3. The molecule has 1 heterocycles. The second kappa shape index (κ2) is 14.2. The number of sulfonamides is 1. The summed E-state index contributed by atoms with van der Waals surface area (Å²) in [7, 11) is -1.71. The van der Waals surface area contributed by atoms with E-state index >= 15 is 0 Å². The first-order valence-electron chi connectivity index (χ1n) is 14.2. The molecule has 1 amide bonds. The molecule has 2 bridgehead atoms. The van der Waals surface area contributed by atoms with Crippen LogP contribution in [0.15, 0.2) is 60.7 Å². The van der Waals surface area contributed by atoms with Crippen molar-refractivity contribution in [3.63, 3.8) is 0 Å². The third-order valence-corrected chi connectivity index (χ3v) is 9.86. The molecule has 2 aromatic carbocycles. The van der Waals surface area contributed by atoms with Crippen molar-refractivity contribution in [1.82, 2.24) is 20.3 Å². The van der Waals surface area contributed by atoms with Crippen LogP contribution in [0, 0.1) is 0 Å². The van der Waals surface area contributed by atoms with Gasteiger partial charge in [0.25, 0.3) is 0 Å². The molecule has 236 valence electrons. The molecule has 9 nitrogen and oxygen atoms in total. The molecule has 13 heteroatoms. The molecule has 1 aliphatic carbocycles. The van der Waals surface area contributed by atoms with E-state index in [-0.39, 0.29) is 31.5 Å². The number of likely N-dealkylation sites (N-methyl/N-ethyl adjacent to an activating group) is 1. The number of alkyl halides is 3. The van der Waals surface area contributed by atoms with E-state index in [2.05, 4.69) is 16.0 Å². The van der Waals surface area contributed by atoms with Crippen molar-refractivity contribution in [2.75, 3.05) is 33.0 Å². The third kappa shape index (κ3) is 8.79. The lowest BCUT2D eigenvalue weighted by Crippen LogP contribution is -2.55. The number of halogens is 3. The van der Waals surface area contributed by atoms with Crippen molar-refractivity contribution in [3.05, 3.63) is 77.4 Å². The predicted molar refractivity (Wildman–Crippen MR) is 157 cm³/mol. The number of methoxy groups -OCH3 is 1. The van der Waals surface area contributed by atoms with Crippen LogP contribution in [0.2, 0.25) is 0 Å². The van der Waals surface area contributed by atoms with Crippen molar-refractivity contribution >= 4 is 15.9 Å². The van der Waals surface area contributed by atoms with Gasteiger partial charge in [0.05, 0.1) is 31.4 Å². The second-order valence-electron chi connectivity index (χ2n) is 10.9. The average molecular weight is 625 g/mol. The van der Waals surface area contributed by atoms with Gasteiger partial charge < -0.3 is 25.8 Å². The van der Waals surface area contributed by atoms with Gasteiger partial charge in [-0.1, -0.05) is 48.6 Å². The molecule has 4 N–H and O–H groups in total. The van der Waals surface area contributed by atoms with Gasteiger partial charge in [0.15, 0.2) is 0 Å². The maximum atomic E-state index is 13.6. The molecular formula is C30H39F3N4O5S. The number of carbonyl (C=O) groups is 1. The molecule has 5 atom stereocenters. The fourth-order valence-corrected chi connectivity index (χ4v) is 6.88. The zero-order valence-corrected chi connectivity index (χ0v) is 25.0. The van der Waals surface area contributed by atoms with Crippen molar-refractivity contribution < 1.29 is 36.2 Å². The highest BCUT2D eigenvalue weighted by Gasteiger charge is 2.37. The maximum absolute atomic E-state index is 13.6. The summed E-state index contributed by atoms with van der Waals surface area (Å²) in [4.78, 5) is 13.6. The van der Waals surface area contributed by atoms with Gasteiger partial charge in [-0.05, 0) is 48.1 Å². The topological polar surface area (TPSA) is 120 Å². The van der Waals surface area contributed by atoms with Gasteiger partial charge in [0.1, 0.15) is 11.8 Å². The van der Waals surface area contributed by atoms with Gasteiger partial charge in [-0.2, -0.15) is 17.5 Å². The Labute approximate surface area is 250 Å². The van der Waals surface area contributed by atoms with Gasteiger partial charge in [-0.3, -0.25) is 4.79 Å². The molecule has 0 unspecified atom stereocenters. The van der Waals surface area contributed by atoms with E-state index in [0.717, 1.165) is 29.5 Å². The molecular weight excluding hydrogens is 585 g/mol. The standard InChI is InChI=1S/C30H39F3N4O5S/c1-37(43(40,41)15-13-30(31,32)33)27-10-6-7-14-34-24-18-25(23-17-21(42-2)11-12-22(23)24)35-19-28(38)26(36-29(27)39)16-20-8-4-3-5-9-20/h3-9,11-12,17,24-28,34-35,38H,10,13-16,18-19H2,1-2H3,(H,36,39)/t24-,25+,26+,27+,28-/m1/s1. The summed E-state index contributed by atoms with van der Waals surface area (Å²) in [6, 6.07) is 12.8. The number of hydrogen-bond donors (Lipinski definition) is 4. The molecule has 0 saturated carbocycles. The number of amides is 1. The Morgan fingerprint density at radius 2 is 1.77 bits per heavy atom. The fraction of sp³-hybridized carbons (Fsp3) is 0.500. The largest absolute Gasteiger partial charge is 0.497 e. The number of benzene rings is 2. The number of fused-ring (bicyclic) bond motifs is 5. The highest BCUT2D eigenvalue weighted by Crippen LogP contribution is 2.40. The molecule has 2 aromatic rings. The van der Waals surface area contributed by atoms with Crippen LogP contribution in [0.5, 0.6) is 5.75 Å². The Morgan fingerprint density at radius 3 is 2.47 bits per heavy atom. The summed E-state index contributed by atoms with van der Waals surface area (Å²) in [6.07, 6.45) is -2.94. The van der Waals surface area contributed by atoms with E-state index in [1.54, 1.807) is 19.3 Å². The third-order valence-electron chi connectivity index (χ3n) is 8.01. The molecule has 0 aromatic heterocycles. The number of aliphatic hydroxyl groups excluding tert-OH is 1. The van der Waals surface area contributed by atoms with Crippen LogP contribution < -0.4 is 20.7 Å². The predicted octanol–water partition coefficient (Wildman–Crippen LogP) is 2.99. The van der Waals surface area contributed by atoms with Crippen LogP contribution in [0.25, 0.3) is 0 Å². The molecule has 2 aliphatic rings. The van der Waals surface area contributed by atoms with Crippen LogP contribution >= 0.6 is 0 Å². The van der Waals surface area contributed by atoms with Gasteiger partial charge in [-0.15, -0.1) is 0 Å². The zero-order chi connectivity index (χ0) is 31.2. The lowest BCUT2D eigenvalue weighted by molar-refractivity contribution is -0.130. The minimum absolute atomic E-state index is 0.00795. The summed E-state index contributed by atoms with van der Waals surface area (Å²) < 4.78 is 70.4. The lowest BCUT2D eigenvalue weighted by atomic mass is 9.99. The number of aliphatic hydroxyl groups is 1. The molecule has 1 aliphatic heterocycles. The van der Waals surface area contributed by atoms with E-state index in [1.807, 2.05) is 48.5 Å². The Bertz CT molecular complexity index is 1370. The Balaban J connectivity index is 1.63. The molecule has 0 fully saturated rings. The van der Waals surface area contributed by atoms with E-state index in [1.165, 1.54) is 0 Å². The number of rotatable bonds is 7. The summed E-state index contributed by atoms with van der Waals surface area (Å²) in [5.41, 5.74) is 2.98. The quantitative estimate of drug-likeness (QED) is 0.350. The molecule has 4 rings (SSSR count). The average Bonchev–Trinajstić information content (AvgIpc) is 3.32. The molecule has 0 saturated heterocycles. The Morgan fingerprint density at radius 1 is 1.05 bits per heavy atom. The smallest absolute Gasteiger partial charge is 0.390 e. The first-order chi connectivity index (χ1) is 20.4. The maximum Gasteiger partial charge on any atom is 0.390 e. The van der Waals surface area contributed by atoms with E-state index in [0.29, 0.717) is 17.3 Å². The SMILES string of the molecule is COc1ccc2c(c1)[C@@H]1C[C@H]2NCC=CC[C@H](N(C)S(=O)(=O)CCC(F)(F)F)C(=O)N[C@@H](Cc2ccccc2)[C@H](O)CN1. The monoisotopic (exact) mass is 624 g/mol. The van der Waals surface area contributed by atoms with E-state index in [4.69, 9.17) is 4.74 Å². The number of carbonyl (C=O) groups excluding carboxylic acids is 1. The lowest BCUT2D eigenvalue weighted by Gasteiger charge is -2.31. The van der Waals surface area contributed by atoms with Crippen LogP contribution in [0.3, 0.4) is 0 Å². The summed E-state index contributed by atoms with van der Waals surface area (Å²) in [6.45, 7) is 0.537. The van der Waals surface area contributed by atoms with Crippen LogP contribution in [0.4, 0.5) is 13.2 Å². The first kappa shape index (κ1) is 32.9. The summed E-state index contributed by atoms with van der Waals surface area (Å²) in [5, 5.41) is 21.1. The van der Waals surface area contributed by atoms with E-state index < -0.39 is 52.5 Å². The fourth-order valence-electron chi connectivity index (χ4n) is 5.53. The summed E-state index contributed by atoms with van der Waals surface area (Å²) in [5.74, 6) is -1.16. The molecule has 0 spiro atoms. The van der Waals surface area contributed by atoms with Crippen molar-refractivity contribution in [2.45, 2.75) is 62.1 Å². The van der Waals surface area contributed by atoms with Gasteiger partial charge in [0.2, 0.25) is 15.9 Å². The minimum Gasteiger partial charge on any atom is -0.497 e. The van der Waals surface area contributed by atoms with Crippen LogP contribution in [-0.4, -0.2) is 81.1 Å². The number of nitrogens with zero attached hydrogens (tertiary/aromatic N) is 1. The molecule has 0 radical (unpaired) electrons. The van der Waals surface area contributed by atoms with Crippen molar-refractivity contribution in [2.24, 2.45) is 0 Å². The van der Waals surface area contributed by atoms with Crippen LogP contribution in [-0.2, 0) is 21.2 Å². The second-order valence-corrected chi connectivity index (χ2v) is 13.1. The van der Waals surface area contributed by atoms with Gasteiger partial charge >= 0.3 is 6.18 Å². The number of hydrogen-bond acceptors (Lipinski definition) is 7. The van der Waals surface area contributed by atoms with Crippen molar-refractivity contribution in [3.8, 4) is 5.75 Å². The van der Waals surface area contributed by atoms with Crippen molar-refractivity contribution in [1.29, 1.82) is 0 Å². The number of β-amino-alcohol motifs (C(OH)–C–C–N with tert-alkyl or cyclic N) is 1. The summed E-state index contributed by atoms with van der Waals surface area (Å²) >= 11 is 0. The molecule has 43 heavy (non-hydrogen) atoms. The van der Waals surface area contributed by atoms with Crippen LogP contribution in [0.1, 0.15) is 48.0 Å². The zero-order valence-electron chi connectivity index (χ0n) is 24.2. The Kier molecular flexibility index (Phi) is 10.9. The highest BCUT2D eigenvalue weighted by atomic mass is 32.2. The normalized spacial score (nSPS) is 25.5. The first-order valence-corrected chi connectivity index (χ1v) is 15.8. The number of ether oxygens (including phenoxy) is 1. The van der Waals surface area contributed by atoms with E-state index in [9.17, 15) is 31.5 Å². The Hall–Kier alpha value is -2.97. The minimum atomic E-state index is -4.66. The van der Waals surface area contributed by atoms with Gasteiger partial charge in [0, 0.05) is 32.2 Å². The van der Waals surface area contributed by atoms with Gasteiger partial charge in [-0.25, -0.2) is 8.42 Å².